The first-order valence-electron chi connectivity index (χ1n) is 5.89. The minimum atomic E-state index is -0.864. The van der Waals surface area contributed by atoms with Crippen molar-refractivity contribution in [2.75, 3.05) is 6.54 Å². The van der Waals surface area contributed by atoms with Crippen LogP contribution in [0.4, 0.5) is 0 Å². The van der Waals surface area contributed by atoms with Crippen LogP contribution in [-0.2, 0) is 4.79 Å². The minimum Gasteiger partial charge on any atom is -0.481 e. The molecular weight excluding hydrogens is 361 g/mol. The zero-order valence-corrected chi connectivity index (χ0v) is 12.2. The Balaban J connectivity index is 2.06. The summed E-state index contributed by atoms with van der Waals surface area (Å²) in [6.07, 6.45) is 1.02. The smallest absolute Gasteiger partial charge is 0.303 e. The van der Waals surface area contributed by atoms with E-state index in [0.717, 1.165) is 3.57 Å². The largest absolute Gasteiger partial charge is 0.481 e. The number of carbonyl (C=O) groups excluding carboxylic acids is 2. The average molecular weight is 373 g/mol. The molecule has 0 fully saturated rings. The third-order valence-electron chi connectivity index (χ3n) is 2.97. The second-order valence-corrected chi connectivity index (χ2v) is 5.44. The van der Waals surface area contributed by atoms with Crippen LogP contribution < -0.4 is 0 Å². The summed E-state index contributed by atoms with van der Waals surface area (Å²) in [5.74, 6) is -1.42. The number of unbranched alkanes of at least 4 members (excludes halogenated alkanes) is 1. The Morgan fingerprint density at radius 1 is 1.21 bits per heavy atom. The van der Waals surface area contributed by atoms with Gasteiger partial charge in [0.15, 0.2) is 0 Å². The molecule has 1 N–H and O–H groups in total. The van der Waals surface area contributed by atoms with Crippen LogP contribution in [0.25, 0.3) is 0 Å². The minimum absolute atomic E-state index is 0.0563. The summed E-state index contributed by atoms with van der Waals surface area (Å²) in [4.78, 5) is 35.8. The molecule has 0 atom stereocenters. The van der Waals surface area contributed by atoms with Gasteiger partial charge in [0, 0.05) is 16.5 Å². The van der Waals surface area contributed by atoms with Crippen LogP contribution in [0.1, 0.15) is 40.0 Å². The third kappa shape index (κ3) is 2.78. The molecule has 0 spiro atoms. The molecule has 1 aromatic rings. The predicted molar refractivity (Wildman–Crippen MR) is 76.0 cm³/mol. The summed E-state index contributed by atoms with van der Waals surface area (Å²) >= 11 is 2.04. The van der Waals surface area contributed by atoms with Gasteiger partial charge in [-0.3, -0.25) is 19.3 Å². The molecule has 1 aliphatic heterocycles. The number of halogens is 1. The molecule has 1 aliphatic rings. The Morgan fingerprint density at radius 3 is 2.58 bits per heavy atom. The zero-order chi connectivity index (χ0) is 14.0. The third-order valence-corrected chi connectivity index (χ3v) is 3.87. The molecule has 6 heteroatoms. The number of hydrogen-bond acceptors (Lipinski definition) is 3. The number of amides is 2. The van der Waals surface area contributed by atoms with Crippen LogP contribution in [0.2, 0.25) is 0 Å². The number of benzene rings is 1. The fraction of sp³-hybridized carbons (Fsp3) is 0.308. The highest BCUT2D eigenvalue weighted by Crippen LogP contribution is 2.27. The highest BCUT2D eigenvalue weighted by molar-refractivity contribution is 14.1. The Kier molecular flexibility index (Phi) is 4.18. The molecule has 0 aliphatic carbocycles. The van der Waals surface area contributed by atoms with Crippen LogP contribution in [-0.4, -0.2) is 34.3 Å². The number of rotatable bonds is 5. The first kappa shape index (κ1) is 14.0. The molecule has 0 aromatic heterocycles. The van der Waals surface area contributed by atoms with Crippen LogP contribution in [0.5, 0.6) is 0 Å². The summed E-state index contributed by atoms with van der Waals surface area (Å²) in [5, 5.41) is 8.54. The summed E-state index contributed by atoms with van der Waals surface area (Å²) in [7, 11) is 0. The van der Waals surface area contributed by atoms with Crippen molar-refractivity contribution in [1.82, 2.24) is 4.90 Å². The number of hydrogen-bond donors (Lipinski definition) is 1. The van der Waals surface area contributed by atoms with E-state index >= 15 is 0 Å². The SMILES string of the molecule is O=C(O)CCCCN1C(=O)c2cccc(I)c2C1=O. The number of carboxylic acids is 1. The van der Waals surface area contributed by atoms with Crippen LogP contribution in [0, 0.1) is 3.57 Å². The fourth-order valence-corrected chi connectivity index (χ4v) is 2.77. The lowest BCUT2D eigenvalue weighted by Crippen LogP contribution is -2.30. The molecule has 19 heavy (non-hydrogen) atoms. The number of carbonyl (C=O) groups is 3. The summed E-state index contributed by atoms with van der Waals surface area (Å²) < 4.78 is 0.765. The maximum Gasteiger partial charge on any atom is 0.303 e. The van der Waals surface area contributed by atoms with Gasteiger partial charge >= 0.3 is 5.97 Å². The van der Waals surface area contributed by atoms with Gasteiger partial charge < -0.3 is 5.11 Å². The second kappa shape index (κ2) is 5.68. The molecule has 5 nitrogen and oxygen atoms in total. The first-order chi connectivity index (χ1) is 9.02. The van der Waals surface area contributed by atoms with Crippen molar-refractivity contribution in [3.05, 3.63) is 32.9 Å². The molecule has 0 unspecified atom stereocenters. The van der Waals surface area contributed by atoms with Gasteiger partial charge in [-0.2, -0.15) is 0 Å². The summed E-state index contributed by atoms with van der Waals surface area (Å²) in [6, 6.07) is 5.19. The molecule has 0 radical (unpaired) electrons. The summed E-state index contributed by atoms with van der Waals surface area (Å²) in [5.41, 5.74) is 0.904. The van der Waals surface area contributed by atoms with Gasteiger partial charge in [0.25, 0.3) is 11.8 Å². The number of fused-ring (bicyclic) bond motifs is 1. The molecule has 1 aromatic carbocycles. The van der Waals surface area contributed by atoms with E-state index in [-0.39, 0.29) is 24.8 Å². The lowest BCUT2D eigenvalue weighted by Gasteiger charge is -2.12. The molecule has 1 heterocycles. The molecule has 2 amide bonds. The van der Waals surface area contributed by atoms with Gasteiger partial charge in [0.05, 0.1) is 11.1 Å². The first-order valence-corrected chi connectivity index (χ1v) is 6.96. The van der Waals surface area contributed by atoms with E-state index in [1.54, 1.807) is 18.2 Å². The maximum atomic E-state index is 12.1. The second-order valence-electron chi connectivity index (χ2n) is 4.28. The lowest BCUT2D eigenvalue weighted by molar-refractivity contribution is -0.137. The van der Waals surface area contributed by atoms with Crippen LogP contribution in [0.15, 0.2) is 18.2 Å². The van der Waals surface area contributed by atoms with Crippen molar-refractivity contribution in [2.45, 2.75) is 19.3 Å². The number of aliphatic carboxylic acids is 1. The molecule has 0 saturated carbocycles. The standard InChI is InChI=1S/C13H12INO4/c14-9-5-3-4-8-11(9)13(19)15(12(8)18)7-2-1-6-10(16)17/h3-5H,1-2,6-7H2,(H,16,17). The average Bonchev–Trinajstić information content (AvgIpc) is 2.59. The van der Waals surface area contributed by atoms with Gasteiger partial charge in [-0.15, -0.1) is 0 Å². The zero-order valence-electron chi connectivity index (χ0n) is 10.1. The molecule has 100 valence electrons. The van der Waals surface area contributed by atoms with Crippen molar-refractivity contribution < 1.29 is 19.5 Å². The van der Waals surface area contributed by atoms with Crippen molar-refractivity contribution in [3.63, 3.8) is 0 Å². The van der Waals surface area contributed by atoms with Crippen molar-refractivity contribution >= 4 is 40.4 Å². The van der Waals surface area contributed by atoms with E-state index in [0.29, 0.717) is 24.0 Å². The van der Waals surface area contributed by atoms with Crippen molar-refractivity contribution in [1.29, 1.82) is 0 Å². The van der Waals surface area contributed by atoms with Gasteiger partial charge in [0.1, 0.15) is 0 Å². The number of nitrogens with zero attached hydrogens (tertiary/aromatic N) is 1. The highest BCUT2D eigenvalue weighted by Gasteiger charge is 2.36. The Hall–Kier alpha value is -1.44. The quantitative estimate of drug-likeness (QED) is 0.488. The van der Waals surface area contributed by atoms with Gasteiger partial charge in [-0.1, -0.05) is 6.07 Å². The van der Waals surface area contributed by atoms with Crippen LogP contribution >= 0.6 is 22.6 Å². The Labute approximate surface area is 123 Å². The van der Waals surface area contributed by atoms with E-state index in [4.69, 9.17) is 5.11 Å². The topological polar surface area (TPSA) is 74.7 Å². The Bertz CT molecular complexity index is 556. The number of carboxylic acid groups (broad SMARTS) is 1. The van der Waals surface area contributed by atoms with Gasteiger partial charge in [0.2, 0.25) is 0 Å². The predicted octanol–water partition coefficient (Wildman–Crippen LogP) is 2.14. The molecular formula is C13H12INO4. The molecule has 0 saturated heterocycles. The summed E-state index contributed by atoms with van der Waals surface area (Å²) in [6.45, 7) is 0.274. The van der Waals surface area contributed by atoms with Gasteiger partial charge in [-0.25, -0.2) is 0 Å². The Morgan fingerprint density at radius 2 is 1.95 bits per heavy atom. The van der Waals surface area contributed by atoms with Gasteiger partial charge in [-0.05, 0) is 47.6 Å². The normalized spacial score (nSPS) is 13.8. The van der Waals surface area contributed by atoms with Crippen molar-refractivity contribution in [3.8, 4) is 0 Å². The van der Waals surface area contributed by atoms with E-state index < -0.39 is 5.97 Å². The van der Waals surface area contributed by atoms with Crippen LogP contribution in [0.3, 0.4) is 0 Å². The molecule has 2 rings (SSSR count). The highest BCUT2D eigenvalue weighted by atomic mass is 127. The fourth-order valence-electron chi connectivity index (χ4n) is 2.04. The lowest BCUT2D eigenvalue weighted by atomic mass is 10.1. The van der Waals surface area contributed by atoms with Crippen molar-refractivity contribution in [2.24, 2.45) is 0 Å². The number of imide groups is 1. The van der Waals surface area contributed by atoms with E-state index in [1.165, 1.54) is 4.90 Å². The molecule has 0 bridgehead atoms. The monoisotopic (exact) mass is 373 g/mol. The maximum absolute atomic E-state index is 12.1. The van der Waals surface area contributed by atoms with E-state index in [9.17, 15) is 14.4 Å². The van der Waals surface area contributed by atoms with E-state index in [1.807, 2.05) is 22.6 Å². The van der Waals surface area contributed by atoms with E-state index in [2.05, 4.69) is 0 Å².